The lowest BCUT2D eigenvalue weighted by atomic mass is 10.1. The minimum absolute atomic E-state index is 0.557. The van der Waals surface area contributed by atoms with Gasteiger partial charge in [-0.05, 0) is 31.0 Å². The molecule has 0 aliphatic carbocycles. The second kappa shape index (κ2) is 8.95. The van der Waals surface area contributed by atoms with E-state index in [9.17, 15) is 0 Å². The summed E-state index contributed by atoms with van der Waals surface area (Å²) in [5.74, 6) is 0. The second-order valence-corrected chi connectivity index (χ2v) is 6.19. The predicted molar refractivity (Wildman–Crippen MR) is 84.2 cm³/mol. The van der Waals surface area contributed by atoms with E-state index in [-0.39, 0.29) is 0 Å². The minimum atomic E-state index is 0.557. The summed E-state index contributed by atoms with van der Waals surface area (Å²) < 4.78 is 1.03. The topological polar surface area (TPSA) is 12.0 Å². The number of rotatable bonds is 8. The highest BCUT2D eigenvalue weighted by Gasteiger charge is 2.04. The molecule has 18 heavy (non-hydrogen) atoms. The molecular formula is C15H23BrClN. The molecule has 1 aromatic rings. The van der Waals surface area contributed by atoms with E-state index in [1.807, 2.05) is 12.1 Å². The molecule has 0 amide bonds. The summed E-state index contributed by atoms with van der Waals surface area (Å²) in [7, 11) is 0. The highest BCUT2D eigenvalue weighted by Crippen LogP contribution is 2.21. The fourth-order valence-corrected chi connectivity index (χ4v) is 2.67. The molecule has 0 saturated heterocycles. The van der Waals surface area contributed by atoms with Crippen LogP contribution in [0, 0.1) is 0 Å². The van der Waals surface area contributed by atoms with E-state index >= 15 is 0 Å². The first-order chi connectivity index (χ1) is 8.63. The zero-order valence-corrected chi connectivity index (χ0v) is 13.6. The Morgan fingerprint density at radius 1 is 1.28 bits per heavy atom. The van der Waals surface area contributed by atoms with Gasteiger partial charge in [-0.15, -0.1) is 0 Å². The van der Waals surface area contributed by atoms with Gasteiger partial charge in [0.2, 0.25) is 0 Å². The van der Waals surface area contributed by atoms with E-state index in [1.54, 1.807) is 0 Å². The first-order valence-electron chi connectivity index (χ1n) is 6.80. The van der Waals surface area contributed by atoms with Gasteiger partial charge in [0.15, 0.2) is 0 Å². The monoisotopic (exact) mass is 331 g/mol. The van der Waals surface area contributed by atoms with Gasteiger partial charge in [-0.3, -0.25) is 0 Å². The van der Waals surface area contributed by atoms with Crippen molar-refractivity contribution in [3.63, 3.8) is 0 Å². The van der Waals surface area contributed by atoms with Crippen molar-refractivity contribution in [3.8, 4) is 0 Å². The van der Waals surface area contributed by atoms with E-state index in [0.29, 0.717) is 6.04 Å². The van der Waals surface area contributed by atoms with Crippen LogP contribution in [0.3, 0.4) is 0 Å². The van der Waals surface area contributed by atoms with Gasteiger partial charge >= 0.3 is 0 Å². The average Bonchev–Trinajstić information content (AvgIpc) is 2.33. The van der Waals surface area contributed by atoms with Gasteiger partial charge in [0.1, 0.15) is 0 Å². The number of nitrogens with one attached hydrogen (secondary N) is 1. The summed E-state index contributed by atoms with van der Waals surface area (Å²) in [6.07, 6.45) is 6.56. The third kappa shape index (κ3) is 6.21. The molecule has 0 heterocycles. The Balaban J connectivity index is 2.27. The first-order valence-corrected chi connectivity index (χ1v) is 7.98. The largest absolute Gasteiger partial charge is 0.310 e. The number of unbranched alkanes of at least 4 members (excludes halogenated alkanes) is 3. The van der Waals surface area contributed by atoms with Gasteiger partial charge in [0.05, 0.1) is 0 Å². The summed E-state index contributed by atoms with van der Waals surface area (Å²) in [6.45, 7) is 5.34. The predicted octanol–water partition coefficient (Wildman–Crippen LogP) is 5.55. The van der Waals surface area contributed by atoms with E-state index in [1.165, 1.54) is 37.7 Å². The summed E-state index contributed by atoms with van der Waals surface area (Å²) in [5, 5.41) is 4.37. The smallest absolute Gasteiger partial charge is 0.0462 e. The highest BCUT2D eigenvalue weighted by atomic mass is 79.9. The van der Waals surface area contributed by atoms with Gasteiger partial charge in [-0.25, -0.2) is 0 Å². The third-order valence-corrected chi connectivity index (χ3v) is 3.99. The molecule has 0 spiro atoms. The second-order valence-electron chi connectivity index (χ2n) is 4.87. The lowest BCUT2D eigenvalue weighted by Gasteiger charge is -2.14. The van der Waals surface area contributed by atoms with Gasteiger partial charge in [0, 0.05) is 22.1 Å². The number of hydrogen-bond donors (Lipinski definition) is 1. The molecule has 0 aliphatic rings. The minimum Gasteiger partial charge on any atom is -0.310 e. The van der Waals surface area contributed by atoms with Crippen LogP contribution in [-0.4, -0.2) is 6.04 Å². The Hall–Kier alpha value is -0.0500. The molecule has 1 nitrogen and oxygen atoms in total. The van der Waals surface area contributed by atoms with Crippen molar-refractivity contribution >= 4 is 27.5 Å². The van der Waals surface area contributed by atoms with Crippen LogP contribution >= 0.6 is 27.5 Å². The van der Waals surface area contributed by atoms with Crippen molar-refractivity contribution in [2.75, 3.05) is 0 Å². The van der Waals surface area contributed by atoms with Crippen LogP contribution in [0.25, 0.3) is 0 Å². The van der Waals surface area contributed by atoms with Crippen LogP contribution < -0.4 is 5.32 Å². The normalized spacial score (nSPS) is 12.7. The standard InChI is InChI=1S/C15H23BrClN/c1-3-4-5-6-7-12(2)18-11-13-8-9-14(16)10-15(13)17/h8-10,12,18H,3-7,11H2,1-2H3. The van der Waals surface area contributed by atoms with Crippen molar-refractivity contribution in [1.29, 1.82) is 0 Å². The molecule has 1 rings (SSSR count). The number of halogens is 2. The van der Waals surface area contributed by atoms with E-state index in [0.717, 1.165) is 16.0 Å². The first kappa shape index (κ1) is 16.0. The lowest BCUT2D eigenvalue weighted by Crippen LogP contribution is -2.25. The van der Waals surface area contributed by atoms with Gasteiger partial charge < -0.3 is 5.32 Å². The Bertz CT molecular complexity index is 354. The molecule has 0 aromatic heterocycles. The van der Waals surface area contributed by atoms with Crippen LogP contribution in [0.1, 0.15) is 51.5 Å². The van der Waals surface area contributed by atoms with Crippen LogP contribution in [-0.2, 0) is 6.54 Å². The van der Waals surface area contributed by atoms with Crippen LogP contribution in [0.4, 0.5) is 0 Å². The average molecular weight is 333 g/mol. The molecule has 1 atom stereocenters. The maximum Gasteiger partial charge on any atom is 0.0462 e. The number of benzene rings is 1. The Morgan fingerprint density at radius 2 is 2.06 bits per heavy atom. The lowest BCUT2D eigenvalue weighted by molar-refractivity contribution is 0.483. The SMILES string of the molecule is CCCCCCC(C)NCc1ccc(Br)cc1Cl. The van der Waals surface area contributed by atoms with Crippen molar-refractivity contribution in [3.05, 3.63) is 33.3 Å². The molecule has 3 heteroatoms. The van der Waals surface area contributed by atoms with E-state index in [2.05, 4.69) is 41.2 Å². The molecule has 0 radical (unpaired) electrons. The van der Waals surface area contributed by atoms with Gasteiger partial charge in [0.25, 0.3) is 0 Å². The summed E-state index contributed by atoms with van der Waals surface area (Å²) in [6, 6.07) is 6.62. The van der Waals surface area contributed by atoms with Crippen molar-refractivity contribution < 1.29 is 0 Å². The molecule has 0 fully saturated rings. The zero-order chi connectivity index (χ0) is 13.4. The maximum absolute atomic E-state index is 6.19. The molecule has 0 saturated carbocycles. The summed E-state index contributed by atoms with van der Waals surface area (Å²) in [5.41, 5.74) is 1.17. The number of hydrogen-bond acceptors (Lipinski definition) is 1. The van der Waals surface area contributed by atoms with Gasteiger partial charge in [-0.2, -0.15) is 0 Å². The van der Waals surface area contributed by atoms with Crippen LogP contribution in [0.2, 0.25) is 5.02 Å². The molecule has 1 unspecified atom stereocenters. The van der Waals surface area contributed by atoms with Crippen LogP contribution in [0.5, 0.6) is 0 Å². The van der Waals surface area contributed by atoms with Gasteiger partial charge in [-0.1, -0.05) is 66.2 Å². The summed E-state index contributed by atoms with van der Waals surface area (Å²) in [4.78, 5) is 0. The van der Waals surface area contributed by atoms with Crippen LogP contribution in [0.15, 0.2) is 22.7 Å². The highest BCUT2D eigenvalue weighted by molar-refractivity contribution is 9.10. The molecule has 0 bridgehead atoms. The van der Waals surface area contributed by atoms with Crippen molar-refractivity contribution in [2.45, 2.75) is 58.5 Å². The fourth-order valence-electron chi connectivity index (χ4n) is 1.93. The van der Waals surface area contributed by atoms with E-state index < -0.39 is 0 Å². The van der Waals surface area contributed by atoms with E-state index in [4.69, 9.17) is 11.6 Å². The van der Waals surface area contributed by atoms with Crippen molar-refractivity contribution in [1.82, 2.24) is 5.32 Å². The quantitative estimate of drug-likeness (QED) is 0.615. The molecule has 102 valence electrons. The third-order valence-electron chi connectivity index (χ3n) is 3.15. The molecule has 1 N–H and O–H groups in total. The Kier molecular flexibility index (Phi) is 7.96. The zero-order valence-electron chi connectivity index (χ0n) is 11.3. The van der Waals surface area contributed by atoms with Crippen molar-refractivity contribution in [2.24, 2.45) is 0 Å². The summed E-state index contributed by atoms with van der Waals surface area (Å²) >= 11 is 9.61. The molecule has 1 aromatic carbocycles. The molecular weight excluding hydrogens is 310 g/mol. The molecule has 0 aliphatic heterocycles. The maximum atomic E-state index is 6.19. The Labute approximate surface area is 124 Å². The fraction of sp³-hybridized carbons (Fsp3) is 0.600. The Morgan fingerprint density at radius 3 is 2.72 bits per heavy atom.